The van der Waals surface area contributed by atoms with Crippen molar-refractivity contribution in [2.75, 3.05) is 6.54 Å². The summed E-state index contributed by atoms with van der Waals surface area (Å²) in [5, 5.41) is 13.4. The van der Waals surface area contributed by atoms with Gasteiger partial charge < -0.3 is 10.4 Å². The lowest BCUT2D eigenvalue weighted by Crippen LogP contribution is -2.41. The molecule has 1 saturated heterocycles. The number of aliphatic hydroxyl groups is 1. The molecule has 0 amide bonds. The predicted molar refractivity (Wildman–Crippen MR) is 57.2 cm³/mol. The summed E-state index contributed by atoms with van der Waals surface area (Å²) in [5.74, 6) is 0. The highest BCUT2D eigenvalue weighted by Gasteiger charge is 2.36. The first kappa shape index (κ1) is 9.69. The Morgan fingerprint density at radius 2 is 2.14 bits per heavy atom. The first-order valence-corrected chi connectivity index (χ1v) is 5.18. The van der Waals surface area contributed by atoms with E-state index in [9.17, 15) is 5.11 Å². The number of benzene rings is 1. The molecule has 14 heavy (non-hydrogen) atoms. The molecule has 0 bridgehead atoms. The van der Waals surface area contributed by atoms with Crippen LogP contribution in [0.3, 0.4) is 0 Å². The number of nitrogens with one attached hydrogen (secondary N) is 1. The normalized spacial score (nSPS) is 32.0. The van der Waals surface area contributed by atoms with E-state index in [2.05, 4.69) is 17.4 Å². The van der Waals surface area contributed by atoms with E-state index in [4.69, 9.17) is 0 Å². The van der Waals surface area contributed by atoms with Crippen LogP contribution in [0.2, 0.25) is 0 Å². The third-order valence-electron chi connectivity index (χ3n) is 3.06. The first-order valence-electron chi connectivity index (χ1n) is 5.18. The van der Waals surface area contributed by atoms with E-state index in [0.29, 0.717) is 0 Å². The van der Waals surface area contributed by atoms with Gasteiger partial charge in [0.25, 0.3) is 0 Å². The van der Waals surface area contributed by atoms with Gasteiger partial charge in [0.05, 0.1) is 5.60 Å². The van der Waals surface area contributed by atoms with Crippen LogP contribution in [0.15, 0.2) is 30.3 Å². The van der Waals surface area contributed by atoms with E-state index >= 15 is 0 Å². The van der Waals surface area contributed by atoms with Crippen molar-refractivity contribution in [3.63, 3.8) is 0 Å². The van der Waals surface area contributed by atoms with Crippen molar-refractivity contribution in [2.45, 2.75) is 31.4 Å². The Morgan fingerprint density at radius 3 is 2.71 bits per heavy atom. The van der Waals surface area contributed by atoms with Crippen LogP contribution in [-0.2, 0) is 6.42 Å². The smallest absolute Gasteiger partial charge is 0.0787 e. The number of hydrogen-bond donors (Lipinski definition) is 2. The van der Waals surface area contributed by atoms with Crippen molar-refractivity contribution >= 4 is 0 Å². The van der Waals surface area contributed by atoms with Gasteiger partial charge in [-0.3, -0.25) is 0 Å². The summed E-state index contributed by atoms with van der Waals surface area (Å²) in [7, 11) is 0. The molecule has 2 atom stereocenters. The minimum Gasteiger partial charge on any atom is -0.388 e. The van der Waals surface area contributed by atoms with E-state index < -0.39 is 5.60 Å². The minimum atomic E-state index is -0.546. The molecule has 0 saturated carbocycles. The second-order valence-electron chi connectivity index (χ2n) is 4.30. The molecule has 2 rings (SSSR count). The summed E-state index contributed by atoms with van der Waals surface area (Å²) >= 11 is 0. The third kappa shape index (κ3) is 1.97. The van der Waals surface area contributed by atoms with Crippen molar-refractivity contribution in [3.8, 4) is 0 Å². The fraction of sp³-hybridized carbons (Fsp3) is 0.500. The van der Waals surface area contributed by atoms with Gasteiger partial charge in [0.1, 0.15) is 0 Å². The van der Waals surface area contributed by atoms with Gasteiger partial charge >= 0.3 is 0 Å². The van der Waals surface area contributed by atoms with Gasteiger partial charge in [0, 0.05) is 6.04 Å². The van der Waals surface area contributed by atoms with Crippen molar-refractivity contribution in [1.29, 1.82) is 0 Å². The highest BCUT2D eigenvalue weighted by atomic mass is 16.3. The van der Waals surface area contributed by atoms with Gasteiger partial charge in [-0.2, -0.15) is 0 Å². The largest absolute Gasteiger partial charge is 0.388 e. The lowest BCUT2D eigenvalue weighted by atomic mass is 9.92. The molecule has 2 heteroatoms. The zero-order chi connectivity index (χ0) is 10.0. The lowest BCUT2D eigenvalue weighted by molar-refractivity contribution is 0.0471. The maximum atomic E-state index is 10.1. The number of rotatable bonds is 2. The zero-order valence-electron chi connectivity index (χ0n) is 8.53. The Kier molecular flexibility index (Phi) is 2.57. The summed E-state index contributed by atoms with van der Waals surface area (Å²) in [6.45, 7) is 2.84. The maximum Gasteiger partial charge on any atom is 0.0787 e. The molecule has 1 aromatic carbocycles. The molecule has 0 radical (unpaired) electrons. The molecule has 2 nitrogen and oxygen atoms in total. The van der Waals surface area contributed by atoms with Crippen LogP contribution < -0.4 is 5.32 Å². The molecule has 1 aliphatic heterocycles. The summed E-state index contributed by atoms with van der Waals surface area (Å²) in [6.07, 6.45) is 1.76. The molecule has 1 unspecified atom stereocenters. The summed E-state index contributed by atoms with van der Waals surface area (Å²) < 4.78 is 0. The lowest BCUT2D eigenvalue weighted by Gasteiger charge is -2.25. The number of hydrogen-bond acceptors (Lipinski definition) is 2. The fourth-order valence-electron chi connectivity index (χ4n) is 2.04. The first-order chi connectivity index (χ1) is 6.68. The molecule has 2 N–H and O–H groups in total. The Hall–Kier alpha value is -0.860. The Balaban J connectivity index is 2.05. The van der Waals surface area contributed by atoms with E-state index in [1.54, 1.807) is 0 Å². The monoisotopic (exact) mass is 191 g/mol. The van der Waals surface area contributed by atoms with Crippen molar-refractivity contribution < 1.29 is 5.11 Å². The van der Waals surface area contributed by atoms with Gasteiger partial charge in [-0.15, -0.1) is 0 Å². The van der Waals surface area contributed by atoms with Gasteiger partial charge in [0.15, 0.2) is 0 Å². The molecule has 1 aromatic rings. The van der Waals surface area contributed by atoms with Crippen LogP contribution in [0.4, 0.5) is 0 Å². The highest BCUT2D eigenvalue weighted by molar-refractivity contribution is 5.17. The summed E-state index contributed by atoms with van der Waals surface area (Å²) in [6, 6.07) is 10.5. The van der Waals surface area contributed by atoms with Gasteiger partial charge in [-0.25, -0.2) is 0 Å². The molecule has 76 valence electrons. The van der Waals surface area contributed by atoms with Gasteiger partial charge in [-0.1, -0.05) is 30.3 Å². The highest BCUT2D eigenvalue weighted by Crippen LogP contribution is 2.23. The van der Waals surface area contributed by atoms with E-state index in [0.717, 1.165) is 19.4 Å². The van der Waals surface area contributed by atoms with Crippen molar-refractivity contribution in [2.24, 2.45) is 0 Å². The molecule has 1 heterocycles. The fourth-order valence-corrected chi connectivity index (χ4v) is 2.04. The zero-order valence-corrected chi connectivity index (χ0v) is 8.53. The molecule has 1 fully saturated rings. The van der Waals surface area contributed by atoms with Crippen LogP contribution >= 0.6 is 0 Å². The Morgan fingerprint density at radius 1 is 1.43 bits per heavy atom. The molecular formula is C12H17NO. The van der Waals surface area contributed by atoms with Gasteiger partial charge in [0.2, 0.25) is 0 Å². The van der Waals surface area contributed by atoms with Crippen molar-refractivity contribution in [1.82, 2.24) is 5.32 Å². The van der Waals surface area contributed by atoms with Crippen LogP contribution in [-0.4, -0.2) is 23.3 Å². The predicted octanol–water partition coefficient (Wildman–Crippen LogP) is 1.34. The Bertz CT molecular complexity index is 294. The summed E-state index contributed by atoms with van der Waals surface area (Å²) in [4.78, 5) is 0. The Labute approximate surface area is 85.0 Å². The molecule has 0 aromatic heterocycles. The van der Waals surface area contributed by atoms with Crippen LogP contribution in [0.25, 0.3) is 0 Å². The topological polar surface area (TPSA) is 32.3 Å². The van der Waals surface area contributed by atoms with Gasteiger partial charge in [-0.05, 0) is 31.9 Å². The molecule has 1 aliphatic rings. The van der Waals surface area contributed by atoms with E-state index in [-0.39, 0.29) is 6.04 Å². The quantitative estimate of drug-likeness (QED) is 0.739. The standard InChI is InChI=1S/C12H17NO/c1-12(14)7-8-13-11(12)9-10-5-3-2-4-6-10/h2-6,11,13-14H,7-9H2,1H3/t11?,12-/m0/s1. The van der Waals surface area contributed by atoms with Crippen LogP contribution in [0, 0.1) is 0 Å². The second kappa shape index (κ2) is 3.71. The maximum absolute atomic E-state index is 10.1. The molecular weight excluding hydrogens is 174 g/mol. The average Bonchev–Trinajstić information content (AvgIpc) is 2.48. The van der Waals surface area contributed by atoms with E-state index in [1.165, 1.54) is 5.56 Å². The minimum absolute atomic E-state index is 0.199. The molecule has 0 aliphatic carbocycles. The SMILES string of the molecule is C[C@]1(O)CCNC1Cc1ccccc1. The summed E-state index contributed by atoms with van der Waals surface area (Å²) in [5.41, 5.74) is 0.739. The molecule has 0 spiro atoms. The van der Waals surface area contributed by atoms with E-state index in [1.807, 2.05) is 25.1 Å². The van der Waals surface area contributed by atoms with Crippen LogP contribution in [0.5, 0.6) is 0 Å². The van der Waals surface area contributed by atoms with Crippen LogP contribution in [0.1, 0.15) is 18.9 Å². The third-order valence-corrected chi connectivity index (χ3v) is 3.06. The average molecular weight is 191 g/mol. The van der Waals surface area contributed by atoms with Crippen molar-refractivity contribution in [3.05, 3.63) is 35.9 Å². The second-order valence-corrected chi connectivity index (χ2v) is 4.30.